The van der Waals surface area contributed by atoms with Gasteiger partial charge in [0.05, 0.1) is 19.8 Å². The van der Waals surface area contributed by atoms with Crippen LogP contribution in [-0.4, -0.2) is 83.2 Å². The van der Waals surface area contributed by atoms with E-state index in [0.29, 0.717) is 31.1 Å². The molecular weight excluding hydrogens is 503 g/mol. The second-order valence-electron chi connectivity index (χ2n) is 9.76. The summed E-state index contributed by atoms with van der Waals surface area (Å²) < 4.78 is 30.4. The first kappa shape index (κ1) is 29.4. The van der Waals surface area contributed by atoms with E-state index < -0.39 is 18.0 Å². The fourth-order valence-electron chi connectivity index (χ4n) is 5.19. The Morgan fingerprint density at radius 1 is 1.24 bits per heavy atom. The summed E-state index contributed by atoms with van der Waals surface area (Å²) in [5.74, 6) is 0.0292. The second kappa shape index (κ2) is 15.3. The number of nitrogens with one attached hydrogen (secondary N) is 3. The lowest BCUT2D eigenvalue weighted by molar-refractivity contribution is -0.00884. The Balaban J connectivity index is 1.65. The van der Waals surface area contributed by atoms with Crippen LogP contribution in [-0.2, 0) is 14.2 Å². The third-order valence-electron chi connectivity index (χ3n) is 6.98. The molecule has 0 saturated carbocycles. The number of urea groups is 1. The fourth-order valence-corrected chi connectivity index (χ4v) is 5.42. The predicted octanol–water partition coefficient (Wildman–Crippen LogP) is 3.72. The molecule has 1 aromatic rings. The number of benzene rings is 1. The number of methoxy groups -OCH3 is 1. The maximum Gasteiger partial charge on any atom is 0.406 e. The quantitative estimate of drug-likeness (QED) is 0.368. The summed E-state index contributed by atoms with van der Waals surface area (Å²) in [7, 11) is 3.18. The summed E-state index contributed by atoms with van der Waals surface area (Å²) in [5, 5.41) is 9.28. The zero-order chi connectivity index (χ0) is 26.6. The molecule has 0 unspecified atom stereocenters. The topological polar surface area (TPSA) is 101 Å². The van der Waals surface area contributed by atoms with Gasteiger partial charge in [-0.2, -0.15) is 0 Å². The van der Waals surface area contributed by atoms with E-state index in [1.54, 1.807) is 6.07 Å². The minimum atomic E-state index is -0.550. The van der Waals surface area contributed by atoms with Gasteiger partial charge in [-0.3, -0.25) is 0 Å². The number of halogens is 2. The van der Waals surface area contributed by atoms with Crippen molar-refractivity contribution < 1.29 is 28.2 Å². The fraction of sp³-hybridized carbons (Fsp3) is 0.692. The van der Waals surface area contributed by atoms with Crippen LogP contribution in [0.4, 0.5) is 14.0 Å². The molecule has 208 valence electrons. The number of alkyl carbamates (subject to hydrolysis) is 1. The monoisotopic (exact) mass is 542 g/mol. The molecule has 9 nitrogen and oxygen atoms in total. The molecule has 0 spiro atoms. The van der Waals surface area contributed by atoms with Crippen LogP contribution in [0.5, 0.6) is 0 Å². The van der Waals surface area contributed by atoms with Crippen LogP contribution in [0.3, 0.4) is 0 Å². The Hall–Kier alpha value is -2.14. The Bertz CT molecular complexity index is 853. The lowest BCUT2D eigenvalue weighted by Gasteiger charge is -2.38. The molecule has 0 aliphatic carbocycles. The third-order valence-corrected chi connectivity index (χ3v) is 7.20. The van der Waals surface area contributed by atoms with E-state index in [4.69, 9.17) is 21.1 Å². The third kappa shape index (κ3) is 9.59. The van der Waals surface area contributed by atoms with Crippen LogP contribution >= 0.6 is 11.6 Å². The average molecular weight is 543 g/mol. The van der Waals surface area contributed by atoms with Gasteiger partial charge in [-0.1, -0.05) is 11.6 Å². The smallest absolute Gasteiger partial charge is 0.406 e. The summed E-state index contributed by atoms with van der Waals surface area (Å²) in [6.45, 7) is 3.80. The Morgan fingerprint density at radius 2 is 2.03 bits per heavy atom. The van der Waals surface area contributed by atoms with Crippen LogP contribution in [0.2, 0.25) is 5.02 Å². The van der Waals surface area contributed by atoms with E-state index in [1.807, 2.05) is 11.9 Å². The van der Waals surface area contributed by atoms with Crippen molar-refractivity contribution in [1.29, 1.82) is 0 Å². The zero-order valence-corrected chi connectivity index (χ0v) is 22.5. The van der Waals surface area contributed by atoms with E-state index in [0.717, 1.165) is 45.3 Å². The van der Waals surface area contributed by atoms with Crippen LogP contribution in [0.15, 0.2) is 18.2 Å². The van der Waals surface area contributed by atoms with Gasteiger partial charge in [-0.05, 0) is 68.8 Å². The normalized spacial score (nSPS) is 20.2. The number of carbonyl (C=O) groups is 2. The molecule has 2 aliphatic heterocycles. The number of carbonyl (C=O) groups excluding carboxylic acids is 2. The van der Waals surface area contributed by atoms with Crippen molar-refractivity contribution in [2.24, 2.45) is 11.8 Å². The number of ether oxygens (including phenoxy) is 3. The van der Waals surface area contributed by atoms with Gasteiger partial charge in [0.25, 0.3) is 0 Å². The molecule has 3 atom stereocenters. The molecule has 11 heteroatoms. The summed E-state index contributed by atoms with van der Waals surface area (Å²) in [6.07, 6.45) is 3.52. The Labute approximate surface area is 223 Å². The van der Waals surface area contributed by atoms with Crippen LogP contribution in [0, 0.1) is 17.7 Å². The molecule has 3 rings (SSSR count). The summed E-state index contributed by atoms with van der Waals surface area (Å²) in [4.78, 5) is 26.5. The highest BCUT2D eigenvalue weighted by molar-refractivity contribution is 6.30. The van der Waals surface area contributed by atoms with Gasteiger partial charge >= 0.3 is 12.1 Å². The lowest BCUT2D eigenvalue weighted by atomic mass is 9.88. The van der Waals surface area contributed by atoms with E-state index >= 15 is 0 Å². The van der Waals surface area contributed by atoms with Crippen LogP contribution in [0.25, 0.3) is 0 Å². The molecular formula is C26H40ClFN4O5. The molecule has 2 fully saturated rings. The highest BCUT2D eigenvalue weighted by Gasteiger charge is 2.32. The van der Waals surface area contributed by atoms with E-state index in [-0.39, 0.29) is 36.2 Å². The van der Waals surface area contributed by atoms with E-state index in [9.17, 15) is 14.0 Å². The number of hydrogen-bond acceptors (Lipinski definition) is 6. The first-order valence-corrected chi connectivity index (χ1v) is 13.4. The van der Waals surface area contributed by atoms with Crippen molar-refractivity contribution >= 4 is 23.7 Å². The zero-order valence-electron chi connectivity index (χ0n) is 21.8. The first-order valence-electron chi connectivity index (χ1n) is 13.1. The average Bonchev–Trinajstić information content (AvgIpc) is 2.88. The van der Waals surface area contributed by atoms with Crippen molar-refractivity contribution in [2.45, 2.75) is 44.2 Å². The molecule has 3 amide bonds. The molecule has 0 radical (unpaired) electrons. The van der Waals surface area contributed by atoms with Gasteiger partial charge in [-0.15, -0.1) is 0 Å². The summed E-state index contributed by atoms with van der Waals surface area (Å²) >= 11 is 6.14. The largest absolute Gasteiger partial charge is 0.453 e. The molecule has 37 heavy (non-hydrogen) atoms. The number of likely N-dealkylation sites (N-methyl/N-ethyl adjacent to an activating group) is 1. The van der Waals surface area contributed by atoms with Gasteiger partial charge < -0.3 is 35.1 Å². The van der Waals surface area contributed by atoms with Gasteiger partial charge in [0, 0.05) is 56.4 Å². The van der Waals surface area contributed by atoms with Crippen molar-refractivity contribution in [3.05, 3.63) is 34.6 Å². The Morgan fingerprint density at radius 3 is 2.73 bits per heavy atom. The standard InChI is InChI=1S/C26H40ClFN4O5/c1-29-16-23(12-18-5-9-36-10-6-18)31-25(33)32-8-3-4-19(17-32)24(37-11-7-30-26(34)35-2)20-13-21(27)15-22(28)14-20/h13-15,18-19,23-24,29H,3-12,16-17H2,1-2H3,(H,30,34)(H,31,33)/t19-,23+,24-/m1/s1. The summed E-state index contributed by atoms with van der Waals surface area (Å²) in [6, 6.07) is 4.29. The molecule has 2 aliphatic rings. The van der Waals surface area contributed by atoms with Crippen molar-refractivity contribution in [1.82, 2.24) is 20.9 Å². The van der Waals surface area contributed by atoms with Gasteiger partial charge in [0.2, 0.25) is 0 Å². The molecule has 1 aromatic carbocycles. The molecule has 0 bridgehead atoms. The van der Waals surface area contributed by atoms with E-state index in [2.05, 4.69) is 20.7 Å². The number of piperidine rings is 1. The maximum absolute atomic E-state index is 14.2. The summed E-state index contributed by atoms with van der Waals surface area (Å²) in [5.41, 5.74) is 0.614. The van der Waals surface area contributed by atoms with Crippen molar-refractivity contribution in [2.75, 3.05) is 60.2 Å². The highest BCUT2D eigenvalue weighted by atomic mass is 35.5. The number of hydrogen-bond donors (Lipinski definition) is 3. The van der Waals surface area contributed by atoms with Crippen LogP contribution in [0.1, 0.15) is 43.8 Å². The number of rotatable bonds is 11. The maximum atomic E-state index is 14.2. The highest BCUT2D eigenvalue weighted by Crippen LogP contribution is 2.34. The SMILES string of the molecule is CNC[C@H](CC1CCOCC1)NC(=O)N1CCC[C@@H]([C@@H](OCCNC(=O)OC)c2cc(F)cc(Cl)c2)C1. The van der Waals surface area contributed by atoms with Crippen molar-refractivity contribution in [3.63, 3.8) is 0 Å². The van der Waals surface area contributed by atoms with Crippen molar-refractivity contribution in [3.8, 4) is 0 Å². The lowest BCUT2D eigenvalue weighted by Crippen LogP contribution is -2.52. The van der Waals surface area contributed by atoms with Crippen LogP contribution < -0.4 is 16.0 Å². The predicted molar refractivity (Wildman–Crippen MR) is 139 cm³/mol. The molecule has 2 heterocycles. The minimum Gasteiger partial charge on any atom is -0.453 e. The number of likely N-dealkylation sites (tertiary alicyclic amines) is 1. The molecule has 0 aromatic heterocycles. The molecule has 3 N–H and O–H groups in total. The Kier molecular flexibility index (Phi) is 12.2. The van der Waals surface area contributed by atoms with Gasteiger partial charge in [0.1, 0.15) is 5.82 Å². The van der Waals surface area contributed by atoms with E-state index in [1.165, 1.54) is 19.2 Å². The van der Waals surface area contributed by atoms with Gasteiger partial charge in [-0.25, -0.2) is 14.0 Å². The first-order chi connectivity index (χ1) is 17.9. The molecule has 2 saturated heterocycles. The van der Waals surface area contributed by atoms with Gasteiger partial charge in [0.15, 0.2) is 0 Å². The second-order valence-corrected chi connectivity index (χ2v) is 10.2. The number of nitrogens with zero attached hydrogens (tertiary/aromatic N) is 1. The number of amides is 3. The minimum absolute atomic E-state index is 0.0273.